The lowest BCUT2D eigenvalue weighted by molar-refractivity contribution is -0.119. The fourth-order valence-electron chi connectivity index (χ4n) is 2.26. The number of sulfonamides is 1. The van der Waals surface area contributed by atoms with E-state index in [0.717, 1.165) is 21.0 Å². The van der Waals surface area contributed by atoms with Crippen LogP contribution in [0.25, 0.3) is 0 Å². The van der Waals surface area contributed by atoms with Crippen molar-refractivity contribution >= 4 is 15.9 Å². The number of amides is 1. The molecule has 0 aliphatic rings. The van der Waals surface area contributed by atoms with Crippen LogP contribution in [0.2, 0.25) is 0 Å². The van der Waals surface area contributed by atoms with Crippen LogP contribution in [0.3, 0.4) is 0 Å². The monoisotopic (exact) mass is 346 g/mol. The van der Waals surface area contributed by atoms with Crippen molar-refractivity contribution in [3.05, 3.63) is 71.3 Å². The number of hydrogen-bond donors (Lipinski definition) is 1. The first-order valence-corrected chi connectivity index (χ1v) is 9.21. The Morgan fingerprint density at radius 3 is 2.08 bits per heavy atom. The Morgan fingerprint density at radius 1 is 1.00 bits per heavy atom. The molecule has 0 unspecified atom stereocenters. The van der Waals surface area contributed by atoms with Crippen LogP contribution in [0.5, 0.6) is 0 Å². The van der Waals surface area contributed by atoms with Crippen molar-refractivity contribution in [1.29, 1.82) is 0 Å². The van der Waals surface area contributed by atoms with E-state index >= 15 is 0 Å². The van der Waals surface area contributed by atoms with Gasteiger partial charge in [-0.1, -0.05) is 60.2 Å². The van der Waals surface area contributed by atoms with E-state index < -0.39 is 27.7 Å². The summed E-state index contributed by atoms with van der Waals surface area (Å²) in [6.45, 7) is 1.99. The van der Waals surface area contributed by atoms with E-state index in [9.17, 15) is 13.2 Å². The van der Waals surface area contributed by atoms with Crippen LogP contribution >= 0.6 is 0 Å². The average molecular weight is 346 g/mol. The third-order valence-corrected chi connectivity index (χ3v) is 5.46. The molecule has 1 N–H and O–H groups in total. The molecule has 0 aromatic heterocycles. The fraction of sp³-hybridized carbons (Fsp3) is 0.278. The van der Waals surface area contributed by atoms with Crippen LogP contribution in [-0.2, 0) is 14.8 Å². The zero-order valence-electron chi connectivity index (χ0n) is 14.1. The lowest BCUT2D eigenvalue weighted by Gasteiger charge is -2.21. The molecule has 24 heavy (non-hydrogen) atoms. The first kappa shape index (κ1) is 18.2. The Labute approximate surface area is 143 Å². The van der Waals surface area contributed by atoms with Gasteiger partial charge in [0.2, 0.25) is 15.9 Å². The van der Waals surface area contributed by atoms with Crippen molar-refractivity contribution in [2.75, 3.05) is 19.8 Å². The summed E-state index contributed by atoms with van der Waals surface area (Å²) >= 11 is 0. The minimum Gasteiger partial charge on any atom is -0.344 e. The van der Waals surface area contributed by atoms with Crippen LogP contribution < -0.4 is 5.32 Å². The predicted octanol–water partition coefficient (Wildman–Crippen LogP) is 2.09. The van der Waals surface area contributed by atoms with Gasteiger partial charge in [-0.15, -0.1) is 0 Å². The SMILES string of the molecule is Cc1ccc([C@H](NC(=O)CS(=O)(=O)N(C)C)c2ccccc2)cc1. The topological polar surface area (TPSA) is 66.5 Å². The van der Waals surface area contributed by atoms with Crippen LogP contribution in [0.1, 0.15) is 22.7 Å². The van der Waals surface area contributed by atoms with Crippen molar-refractivity contribution in [1.82, 2.24) is 9.62 Å². The fourth-order valence-corrected chi connectivity index (χ4v) is 2.93. The number of rotatable bonds is 6. The molecule has 0 aliphatic heterocycles. The maximum atomic E-state index is 12.3. The Balaban J connectivity index is 2.27. The van der Waals surface area contributed by atoms with Gasteiger partial charge in [-0.05, 0) is 18.1 Å². The highest BCUT2D eigenvalue weighted by atomic mass is 32.2. The quantitative estimate of drug-likeness (QED) is 0.871. The normalized spacial score (nSPS) is 12.8. The molecule has 0 fully saturated rings. The number of nitrogens with one attached hydrogen (secondary N) is 1. The van der Waals surface area contributed by atoms with Gasteiger partial charge >= 0.3 is 0 Å². The molecular formula is C18H22N2O3S. The molecule has 2 rings (SSSR count). The maximum absolute atomic E-state index is 12.3. The summed E-state index contributed by atoms with van der Waals surface area (Å²) < 4.78 is 24.9. The highest BCUT2D eigenvalue weighted by molar-refractivity contribution is 7.89. The lowest BCUT2D eigenvalue weighted by atomic mass is 9.98. The minimum atomic E-state index is -3.59. The Morgan fingerprint density at radius 2 is 1.54 bits per heavy atom. The second-order valence-electron chi connectivity index (χ2n) is 5.86. The van der Waals surface area contributed by atoms with Gasteiger partial charge in [0.1, 0.15) is 5.75 Å². The number of carbonyl (C=O) groups excluding carboxylic acids is 1. The Bertz CT molecular complexity index is 785. The van der Waals surface area contributed by atoms with E-state index in [4.69, 9.17) is 0 Å². The maximum Gasteiger partial charge on any atom is 0.237 e. The van der Waals surface area contributed by atoms with E-state index in [1.54, 1.807) is 0 Å². The Hall–Kier alpha value is -2.18. The second kappa shape index (κ2) is 7.59. The number of carbonyl (C=O) groups is 1. The summed E-state index contributed by atoms with van der Waals surface area (Å²) in [5.41, 5.74) is 2.92. The molecule has 0 heterocycles. The molecule has 1 amide bonds. The summed E-state index contributed by atoms with van der Waals surface area (Å²) in [7, 11) is -0.765. The van der Waals surface area contributed by atoms with Crippen LogP contribution in [0.15, 0.2) is 54.6 Å². The van der Waals surface area contributed by atoms with E-state index in [2.05, 4.69) is 5.32 Å². The lowest BCUT2D eigenvalue weighted by Crippen LogP contribution is -2.38. The number of aryl methyl sites for hydroxylation is 1. The third kappa shape index (κ3) is 4.66. The van der Waals surface area contributed by atoms with Crippen molar-refractivity contribution in [2.24, 2.45) is 0 Å². The van der Waals surface area contributed by atoms with Gasteiger partial charge in [-0.3, -0.25) is 4.79 Å². The third-order valence-electron chi connectivity index (χ3n) is 3.72. The van der Waals surface area contributed by atoms with Crippen molar-refractivity contribution < 1.29 is 13.2 Å². The standard InChI is InChI=1S/C18H22N2O3S/c1-14-9-11-16(12-10-14)18(15-7-5-4-6-8-15)19-17(21)13-24(22,23)20(2)3/h4-12,18H,13H2,1-3H3,(H,19,21)/t18-/m1/s1. The highest BCUT2D eigenvalue weighted by Gasteiger charge is 2.22. The molecule has 0 saturated carbocycles. The van der Waals surface area contributed by atoms with Crippen LogP contribution in [0.4, 0.5) is 0 Å². The smallest absolute Gasteiger partial charge is 0.237 e. The summed E-state index contributed by atoms with van der Waals surface area (Å²) in [5, 5.41) is 2.84. The zero-order chi connectivity index (χ0) is 17.7. The first-order chi connectivity index (χ1) is 11.3. The van der Waals surface area contributed by atoms with Gasteiger partial charge in [0.25, 0.3) is 0 Å². The number of benzene rings is 2. The molecule has 2 aromatic carbocycles. The van der Waals surface area contributed by atoms with Gasteiger partial charge in [0.05, 0.1) is 6.04 Å². The van der Waals surface area contributed by atoms with Gasteiger partial charge < -0.3 is 5.32 Å². The summed E-state index contributed by atoms with van der Waals surface area (Å²) in [4.78, 5) is 12.3. The molecule has 6 heteroatoms. The van der Waals surface area contributed by atoms with Gasteiger partial charge in [-0.2, -0.15) is 0 Å². The van der Waals surface area contributed by atoms with Crippen LogP contribution in [0, 0.1) is 6.92 Å². The molecule has 0 bridgehead atoms. The molecule has 1 atom stereocenters. The number of nitrogens with zero attached hydrogens (tertiary/aromatic N) is 1. The molecule has 128 valence electrons. The van der Waals surface area contributed by atoms with Crippen LogP contribution in [-0.4, -0.2) is 38.5 Å². The summed E-state index contributed by atoms with van der Waals surface area (Å²) in [6, 6.07) is 16.9. The molecule has 0 radical (unpaired) electrons. The zero-order valence-corrected chi connectivity index (χ0v) is 14.9. The largest absolute Gasteiger partial charge is 0.344 e. The predicted molar refractivity (Wildman–Crippen MR) is 95.1 cm³/mol. The van der Waals surface area contributed by atoms with Gasteiger partial charge in [0.15, 0.2) is 0 Å². The molecule has 0 spiro atoms. The van der Waals surface area contributed by atoms with Crippen molar-refractivity contribution in [3.63, 3.8) is 0 Å². The highest BCUT2D eigenvalue weighted by Crippen LogP contribution is 2.22. The minimum absolute atomic E-state index is 0.392. The van der Waals surface area contributed by atoms with Crippen molar-refractivity contribution in [3.8, 4) is 0 Å². The second-order valence-corrected chi connectivity index (χ2v) is 8.04. The van der Waals surface area contributed by atoms with E-state index in [-0.39, 0.29) is 0 Å². The van der Waals surface area contributed by atoms with E-state index in [1.807, 2.05) is 61.5 Å². The molecule has 0 saturated heterocycles. The Kier molecular flexibility index (Phi) is 5.75. The molecular weight excluding hydrogens is 324 g/mol. The molecule has 5 nitrogen and oxygen atoms in total. The summed E-state index contributed by atoms with van der Waals surface area (Å²) in [5.74, 6) is -1.10. The molecule has 2 aromatic rings. The van der Waals surface area contributed by atoms with Gasteiger partial charge in [-0.25, -0.2) is 12.7 Å². The molecule has 0 aliphatic carbocycles. The average Bonchev–Trinajstić information content (AvgIpc) is 2.54. The van der Waals surface area contributed by atoms with Gasteiger partial charge in [0, 0.05) is 14.1 Å². The number of hydrogen-bond acceptors (Lipinski definition) is 3. The van der Waals surface area contributed by atoms with Crippen molar-refractivity contribution in [2.45, 2.75) is 13.0 Å². The van der Waals surface area contributed by atoms with E-state index in [1.165, 1.54) is 14.1 Å². The van der Waals surface area contributed by atoms with E-state index in [0.29, 0.717) is 0 Å². The first-order valence-electron chi connectivity index (χ1n) is 7.60. The summed E-state index contributed by atoms with van der Waals surface area (Å²) in [6.07, 6.45) is 0.